The van der Waals surface area contributed by atoms with Crippen LogP contribution in [0.1, 0.15) is 37.0 Å². The molecule has 0 aliphatic heterocycles. The second-order valence-corrected chi connectivity index (χ2v) is 8.23. The van der Waals surface area contributed by atoms with E-state index in [1.807, 2.05) is 0 Å². The first kappa shape index (κ1) is 23.8. The number of nitrogens with zero attached hydrogens (tertiary/aromatic N) is 4. The lowest BCUT2D eigenvalue weighted by atomic mass is 10.3. The van der Waals surface area contributed by atoms with Crippen LogP contribution >= 0.6 is 34.8 Å². The molecule has 2 heterocycles. The molecule has 168 valence electrons. The van der Waals surface area contributed by atoms with Crippen LogP contribution in [0.25, 0.3) is 11.4 Å². The predicted molar refractivity (Wildman–Crippen MR) is 123 cm³/mol. The summed E-state index contributed by atoms with van der Waals surface area (Å²) in [4.78, 5) is 28.2. The van der Waals surface area contributed by atoms with Gasteiger partial charge in [-0.3, -0.25) is 9.97 Å². The number of rotatable bonds is 4. The van der Waals surface area contributed by atoms with E-state index in [4.69, 9.17) is 34.8 Å². The summed E-state index contributed by atoms with van der Waals surface area (Å²) in [6.45, 7) is 3.27. The molecule has 2 atom stereocenters. The first-order chi connectivity index (χ1) is 15.2. The van der Waals surface area contributed by atoms with Crippen molar-refractivity contribution in [3.63, 3.8) is 0 Å². The van der Waals surface area contributed by atoms with Crippen LogP contribution in [0.4, 0.5) is 0 Å². The van der Waals surface area contributed by atoms with Gasteiger partial charge in [0.25, 0.3) is 0 Å². The Bertz CT molecular complexity index is 1220. The summed E-state index contributed by atoms with van der Waals surface area (Å²) in [6.07, 6.45) is -0.812. The van der Waals surface area contributed by atoms with Gasteiger partial charge in [0.15, 0.2) is 5.82 Å². The molecule has 0 saturated heterocycles. The Morgan fingerprint density at radius 2 is 1.28 bits per heavy atom. The van der Waals surface area contributed by atoms with E-state index in [9.17, 15) is 14.7 Å². The lowest BCUT2D eigenvalue weighted by Gasteiger charge is -1.99. The molecule has 0 radical (unpaired) electrons. The number of aliphatic hydroxyl groups excluding tert-OH is 1. The second-order valence-electron chi connectivity index (χ2n) is 6.71. The van der Waals surface area contributed by atoms with Crippen LogP contribution in [0.2, 0.25) is 10.0 Å². The van der Waals surface area contributed by atoms with Crippen molar-refractivity contribution in [1.29, 1.82) is 0 Å². The Morgan fingerprint density at radius 1 is 0.844 bits per heavy atom. The Morgan fingerprint density at radius 3 is 1.62 bits per heavy atom. The third kappa shape index (κ3) is 5.68. The maximum Gasteiger partial charge on any atom is 0.348 e. The van der Waals surface area contributed by atoms with Gasteiger partial charge in [0, 0.05) is 10.0 Å². The Balaban J connectivity index is 0.000000181. The molecule has 4 aromatic rings. The fraction of sp³-hybridized carbons (Fsp3) is 0.200. The van der Waals surface area contributed by atoms with Crippen molar-refractivity contribution >= 4 is 34.8 Å². The zero-order chi connectivity index (χ0) is 23.4. The van der Waals surface area contributed by atoms with Gasteiger partial charge in [-0.1, -0.05) is 35.3 Å². The Kier molecular flexibility index (Phi) is 7.57. The van der Waals surface area contributed by atoms with Gasteiger partial charge in [0.05, 0.1) is 16.8 Å². The number of aliphatic hydroxyl groups is 1. The monoisotopic (exact) mass is 496 g/mol. The molecule has 0 amide bonds. The molecule has 9 nitrogen and oxygen atoms in total. The summed E-state index contributed by atoms with van der Waals surface area (Å²) in [7, 11) is 0. The predicted octanol–water partition coefficient (Wildman–Crippen LogP) is 3.78. The first-order valence-electron chi connectivity index (χ1n) is 9.38. The lowest BCUT2D eigenvalue weighted by molar-refractivity contribution is 0.189. The molecule has 0 spiro atoms. The molecular weight excluding hydrogens is 479 g/mol. The number of H-pyrrole nitrogens is 2. The van der Waals surface area contributed by atoms with Crippen molar-refractivity contribution in [1.82, 2.24) is 29.5 Å². The van der Waals surface area contributed by atoms with Gasteiger partial charge in [-0.15, -0.1) is 21.8 Å². The van der Waals surface area contributed by atoms with E-state index in [1.54, 1.807) is 55.5 Å². The molecule has 2 unspecified atom stereocenters. The summed E-state index contributed by atoms with van der Waals surface area (Å²) < 4.78 is 2.40. The van der Waals surface area contributed by atoms with E-state index in [1.165, 1.54) is 11.6 Å². The minimum absolute atomic E-state index is 0.227. The van der Waals surface area contributed by atoms with Crippen LogP contribution in [0.15, 0.2) is 58.1 Å². The van der Waals surface area contributed by atoms with Crippen LogP contribution in [0.3, 0.4) is 0 Å². The highest BCUT2D eigenvalue weighted by Gasteiger charge is 2.12. The quantitative estimate of drug-likeness (QED) is 0.370. The van der Waals surface area contributed by atoms with E-state index in [0.29, 0.717) is 27.2 Å². The highest BCUT2D eigenvalue weighted by molar-refractivity contribution is 6.31. The number of hydrogen-bond donors (Lipinski definition) is 3. The summed E-state index contributed by atoms with van der Waals surface area (Å²) in [5.74, 6) is 0.664. The summed E-state index contributed by atoms with van der Waals surface area (Å²) in [5, 5.41) is 18.1. The van der Waals surface area contributed by atoms with Gasteiger partial charge >= 0.3 is 11.4 Å². The molecule has 32 heavy (non-hydrogen) atoms. The largest absolute Gasteiger partial charge is 0.385 e. The zero-order valence-electron chi connectivity index (χ0n) is 17.0. The van der Waals surface area contributed by atoms with Crippen molar-refractivity contribution in [3.8, 4) is 11.4 Å². The second kappa shape index (κ2) is 10.2. The molecule has 2 aromatic heterocycles. The van der Waals surface area contributed by atoms with E-state index in [-0.39, 0.29) is 16.9 Å². The van der Waals surface area contributed by atoms with Gasteiger partial charge in [0.1, 0.15) is 11.9 Å². The molecule has 12 heteroatoms. The maximum absolute atomic E-state index is 11.6. The normalized spacial score (nSPS) is 12.7. The minimum Gasteiger partial charge on any atom is -0.385 e. The number of halogens is 3. The average molecular weight is 498 g/mol. The minimum atomic E-state index is -0.812. The molecular formula is C20H19Cl3N6O3. The molecule has 0 aliphatic rings. The van der Waals surface area contributed by atoms with Crippen LogP contribution in [0.5, 0.6) is 0 Å². The summed E-state index contributed by atoms with van der Waals surface area (Å²) >= 11 is 17.5. The third-order valence-electron chi connectivity index (χ3n) is 4.15. The highest BCUT2D eigenvalue weighted by Crippen LogP contribution is 2.16. The van der Waals surface area contributed by atoms with Gasteiger partial charge in [-0.2, -0.15) is 9.36 Å². The Labute approximate surface area is 197 Å². The van der Waals surface area contributed by atoms with Crippen LogP contribution < -0.4 is 11.4 Å². The van der Waals surface area contributed by atoms with Crippen molar-refractivity contribution in [2.75, 3.05) is 0 Å². The molecule has 0 bridgehead atoms. The van der Waals surface area contributed by atoms with Crippen LogP contribution in [-0.4, -0.2) is 34.6 Å². The number of hydrogen-bond acceptors (Lipinski definition) is 5. The molecule has 0 fully saturated rings. The molecule has 3 N–H and O–H groups in total. The van der Waals surface area contributed by atoms with E-state index in [0.717, 1.165) is 4.68 Å². The standard InChI is InChI=1S/C10H9Cl2N3O.C10H10ClN3O2/c1-6(11)9-13-10(16)15(14-9)8-4-2-3-7(12)5-8;1-6(15)9-12-10(16)14(13-9)8-4-2-3-7(11)5-8/h2-6H,1H3,(H,13,14,16);2-6,15H,1H3,(H,12,13,16). The summed E-state index contributed by atoms with van der Waals surface area (Å²) in [5.41, 5.74) is 0.431. The van der Waals surface area contributed by atoms with E-state index in [2.05, 4.69) is 20.2 Å². The van der Waals surface area contributed by atoms with Gasteiger partial charge < -0.3 is 5.11 Å². The topological polar surface area (TPSA) is 122 Å². The lowest BCUT2D eigenvalue weighted by Crippen LogP contribution is -2.15. The van der Waals surface area contributed by atoms with Crippen molar-refractivity contribution in [3.05, 3.63) is 91.2 Å². The first-order valence-corrected chi connectivity index (χ1v) is 10.6. The SMILES string of the molecule is CC(Cl)c1nn(-c2cccc(Cl)c2)c(=O)[nH]1.CC(O)c1nn(-c2cccc(Cl)c2)c(=O)[nH]1. The fourth-order valence-electron chi connectivity index (χ4n) is 2.61. The van der Waals surface area contributed by atoms with Crippen molar-refractivity contribution < 1.29 is 5.11 Å². The number of aromatic amines is 2. The number of aromatic nitrogens is 6. The van der Waals surface area contributed by atoms with Gasteiger partial charge in [0.2, 0.25) is 0 Å². The number of benzene rings is 2. The average Bonchev–Trinajstić information content (AvgIpc) is 3.32. The van der Waals surface area contributed by atoms with Crippen molar-refractivity contribution in [2.24, 2.45) is 0 Å². The summed E-state index contributed by atoms with van der Waals surface area (Å²) in [6, 6.07) is 13.6. The molecule has 2 aromatic carbocycles. The zero-order valence-corrected chi connectivity index (χ0v) is 19.2. The smallest absolute Gasteiger partial charge is 0.348 e. The van der Waals surface area contributed by atoms with Gasteiger partial charge in [-0.25, -0.2) is 9.59 Å². The van der Waals surface area contributed by atoms with Crippen molar-refractivity contribution in [2.45, 2.75) is 25.3 Å². The molecule has 0 saturated carbocycles. The third-order valence-corrected chi connectivity index (χ3v) is 4.83. The van der Waals surface area contributed by atoms with E-state index < -0.39 is 11.8 Å². The fourth-order valence-corrected chi connectivity index (χ4v) is 3.08. The molecule has 0 aliphatic carbocycles. The van der Waals surface area contributed by atoms with E-state index >= 15 is 0 Å². The maximum atomic E-state index is 11.6. The van der Waals surface area contributed by atoms with Gasteiger partial charge in [-0.05, 0) is 50.2 Å². The van der Waals surface area contributed by atoms with Crippen LogP contribution in [0, 0.1) is 0 Å². The number of alkyl halides is 1. The van der Waals surface area contributed by atoms with Crippen LogP contribution in [-0.2, 0) is 0 Å². The highest BCUT2D eigenvalue weighted by atomic mass is 35.5. The Hall–Kier alpha value is -2.85. The molecule has 4 rings (SSSR count). The number of nitrogens with one attached hydrogen (secondary N) is 2.